The fraction of sp³-hybridized carbons (Fsp3) is 0.455. The number of carbonyl (C=O) groups is 3. The van der Waals surface area contributed by atoms with E-state index in [2.05, 4.69) is 15.0 Å². The van der Waals surface area contributed by atoms with Crippen molar-refractivity contribution in [1.82, 2.24) is 29.0 Å². The average Bonchev–Trinajstić information content (AvgIpc) is 3.71. The lowest BCUT2D eigenvalue weighted by Crippen LogP contribution is -2.50. The van der Waals surface area contributed by atoms with E-state index in [1.165, 1.54) is 48.3 Å². The predicted molar refractivity (Wildman–Crippen MR) is 239 cm³/mol. The number of hydrogen-bond donors (Lipinski definition) is 2. The first-order chi connectivity index (χ1) is 32.3. The molecule has 4 aliphatic heterocycles. The fourth-order valence-corrected chi connectivity index (χ4v) is 10.4. The molecule has 362 valence electrons. The third-order valence-electron chi connectivity index (χ3n) is 12.9. The van der Waals surface area contributed by atoms with E-state index in [0.29, 0.717) is 69.4 Å². The Labute approximate surface area is 390 Å². The molecule has 3 aromatic carbocycles. The first-order valence-corrected chi connectivity index (χ1v) is 24.7. The lowest BCUT2D eigenvalue weighted by Gasteiger charge is -2.40. The predicted octanol–water partition coefficient (Wildman–Crippen LogP) is 3.79. The second-order valence-corrected chi connectivity index (χ2v) is 19.9. The SMILES string of the molecule is CCN(C)S(=O)(=O)Nc1ccc(F)c(Oc2ccc3ncn([C@H]4COC5(CCN(C(=O)CN6CCC(c7ccc(OC8CCC(=O)NC8=O)cc7OS(=O)(=O)F)CC6)CC5)C4)c(=O)c3c2)c1C#N. The van der Waals surface area contributed by atoms with Crippen LogP contribution in [0.4, 0.5) is 14.0 Å². The highest BCUT2D eigenvalue weighted by molar-refractivity contribution is 7.90. The molecule has 2 atom stereocenters. The van der Waals surface area contributed by atoms with Gasteiger partial charge in [0, 0.05) is 45.6 Å². The molecule has 24 heteroatoms. The number of fused-ring (bicyclic) bond motifs is 1. The van der Waals surface area contributed by atoms with Crippen molar-refractivity contribution in [2.75, 3.05) is 57.6 Å². The van der Waals surface area contributed by atoms with Crippen molar-refractivity contribution < 1.29 is 57.9 Å². The molecule has 5 heterocycles. The summed E-state index contributed by atoms with van der Waals surface area (Å²) in [5.74, 6) is -3.02. The van der Waals surface area contributed by atoms with Crippen molar-refractivity contribution in [1.29, 1.82) is 5.26 Å². The third kappa shape index (κ3) is 10.6. The summed E-state index contributed by atoms with van der Waals surface area (Å²) in [4.78, 5) is 59.5. The van der Waals surface area contributed by atoms with Crippen LogP contribution < -0.4 is 29.3 Å². The Hall–Kier alpha value is -6.26. The van der Waals surface area contributed by atoms with Gasteiger partial charge in [-0.1, -0.05) is 16.9 Å². The summed E-state index contributed by atoms with van der Waals surface area (Å²) in [6.07, 6.45) is 3.21. The molecule has 4 saturated heterocycles. The van der Waals surface area contributed by atoms with Crippen LogP contribution in [0.5, 0.6) is 23.0 Å². The number of carbonyl (C=O) groups excluding carboxylic acids is 3. The van der Waals surface area contributed by atoms with Gasteiger partial charge in [-0.2, -0.15) is 26.4 Å². The molecule has 1 spiro atoms. The highest BCUT2D eigenvalue weighted by atomic mass is 32.3. The summed E-state index contributed by atoms with van der Waals surface area (Å²) in [5, 5.41) is 12.3. The molecule has 0 saturated carbocycles. The molecule has 4 fully saturated rings. The average molecular weight is 983 g/mol. The van der Waals surface area contributed by atoms with Crippen LogP contribution in [0.15, 0.2) is 59.7 Å². The molecule has 0 bridgehead atoms. The van der Waals surface area contributed by atoms with E-state index < -0.39 is 66.9 Å². The van der Waals surface area contributed by atoms with Gasteiger partial charge in [-0.25, -0.2) is 9.37 Å². The molecule has 4 aromatic rings. The van der Waals surface area contributed by atoms with E-state index in [-0.39, 0.29) is 78.7 Å². The van der Waals surface area contributed by atoms with Crippen LogP contribution in [0, 0.1) is 17.1 Å². The summed E-state index contributed by atoms with van der Waals surface area (Å²) in [5.41, 5.74) is -0.802. The lowest BCUT2D eigenvalue weighted by atomic mass is 9.87. The Kier molecular flexibility index (Phi) is 13.7. The number of rotatable bonds is 14. The highest BCUT2D eigenvalue weighted by Gasteiger charge is 2.44. The number of nitrogens with zero attached hydrogens (tertiary/aromatic N) is 6. The monoisotopic (exact) mass is 982 g/mol. The summed E-state index contributed by atoms with van der Waals surface area (Å²) >= 11 is 0. The Balaban J connectivity index is 0.863. The minimum Gasteiger partial charge on any atom is -0.480 e. The third-order valence-corrected chi connectivity index (χ3v) is 14.9. The van der Waals surface area contributed by atoms with Crippen LogP contribution in [0.2, 0.25) is 0 Å². The Morgan fingerprint density at radius 1 is 1.03 bits per heavy atom. The molecular formula is C44H48F2N8O12S2. The van der Waals surface area contributed by atoms with Gasteiger partial charge in [0.25, 0.3) is 11.5 Å². The number of hydrogen-bond acceptors (Lipinski definition) is 15. The summed E-state index contributed by atoms with van der Waals surface area (Å²) in [6.45, 7) is 3.97. The molecule has 4 aliphatic rings. The van der Waals surface area contributed by atoms with Crippen molar-refractivity contribution in [2.45, 2.75) is 75.5 Å². The van der Waals surface area contributed by atoms with Crippen LogP contribution in [-0.2, 0) is 39.8 Å². The number of benzene rings is 3. The first-order valence-electron chi connectivity index (χ1n) is 21.9. The maximum absolute atomic E-state index is 15.1. The normalized spacial score (nSPS) is 20.3. The van der Waals surface area contributed by atoms with E-state index >= 15 is 4.39 Å². The van der Waals surface area contributed by atoms with Crippen molar-refractivity contribution in [3.63, 3.8) is 0 Å². The molecule has 8 rings (SSSR count). The summed E-state index contributed by atoms with van der Waals surface area (Å²) in [7, 11) is -8.12. The van der Waals surface area contributed by atoms with Gasteiger partial charge in [-0.3, -0.25) is 38.7 Å². The van der Waals surface area contributed by atoms with Crippen LogP contribution in [0.25, 0.3) is 10.9 Å². The number of ether oxygens (including phenoxy) is 3. The maximum atomic E-state index is 15.1. The molecule has 1 aromatic heterocycles. The lowest BCUT2D eigenvalue weighted by molar-refractivity contribution is -0.139. The van der Waals surface area contributed by atoms with Gasteiger partial charge < -0.3 is 23.3 Å². The maximum Gasteiger partial charge on any atom is 0.488 e. The van der Waals surface area contributed by atoms with E-state index in [1.54, 1.807) is 17.9 Å². The Morgan fingerprint density at radius 2 is 1.76 bits per heavy atom. The van der Waals surface area contributed by atoms with E-state index in [9.17, 15) is 45.2 Å². The molecule has 20 nitrogen and oxygen atoms in total. The zero-order valence-electron chi connectivity index (χ0n) is 37.0. The number of aromatic nitrogens is 2. The minimum absolute atomic E-state index is 0.0105. The van der Waals surface area contributed by atoms with Crippen LogP contribution >= 0.6 is 0 Å². The van der Waals surface area contributed by atoms with Gasteiger partial charge in [-0.05, 0) is 93.1 Å². The van der Waals surface area contributed by atoms with Crippen molar-refractivity contribution in [3.8, 4) is 29.1 Å². The Bertz CT molecular complexity index is 2970. The first kappa shape index (κ1) is 48.2. The number of nitriles is 1. The molecule has 0 aliphatic carbocycles. The van der Waals surface area contributed by atoms with Gasteiger partial charge in [-0.15, -0.1) is 0 Å². The number of anilines is 1. The van der Waals surface area contributed by atoms with Gasteiger partial charge in [0.05, 0.1) is 47.7 Å². The van der Waals surface area contributed by atoms with Crippen LogP contribution in [0.1, 0.15) is 75.0 Å². The quantitative estimate of drug-likeness (QED) is 0.135. The van der Waals surface area contributed by atoms with Gasteiger partial charge in [0.2, 0.25) is 11.8 Å². The zero-order chi connectivity index (χ0) is 48.5. The number of amides is 3. The van der Waals surface area contributed by atoms with Gasteiger partial charge in [0.15, 0.2) is 23.4 Å². The molecule has 0 radical (unpaired) electrons. The van der Waals surface area contributed by atoms with Crippen molar-refractivity contribution in [2.24, 2.45) is 0 Å². The van der Waals surface area contributed by atoms with Crippen molar-refractivity contribution >= 4 is 55.0 Å². The van der Waals surface area contributed by atoms with E-state index in [1.807, 2.05) is 11.0 Å². The van der Waals surface area contributed by atoms with Crippen LogP contribution in [0.3, 0.4) is 0 Å². The number of nitrogens with one attached hydrogen (secondary N) is 2. The topological polar surface area (TPSA) is 249 Å². The Morgan fingerprint density at radius 3 is 2.46 bits per heavy atom. The van der Waals surface area contributed by atoms with E-state index in [4.69, 9.17) is 18.4 Å². The van der Waals surface area contributed by atoms with Gasteiger partial charge >= 0.3 is 20.7 Å². The van der Waals surface area contributed by atoms with Gasteiger partial charge in [0.1, 0.15) is 23.1 Å². The number of imide groups is 1. The molecule has 68 heavy (non-hydrogen) atoms. The van der Waals surface area contributed by atoms with Crippen molar-refractivity contribution in [3.05, 3.63) is 82.2 Å². The molecular weight excluding hydrogens is 935 g/mol. The summed E-state index contributed by atoms with van der Waals surface area (Å²) in [6, 6.07) is 12.2. The standard InChI is InChI=1S/C44H48F2N8O12S2/c1-3-51(2)68(61,62)50-36-9-7-34(45)41(33(36)23-47)65-29-5-8-35-32(20-29)43(58)54(26-48-35)28-22-44(63-25-28)14-18-53(19-15-44)40(56)24-52-16-12-27(13-17-52)31-6-4-30(21-38(31)66-67(46,59)60)64-37-10-11-39(55)49-42(37)57/h4-9,20-21,26-28,37,50H,3,10-19,22,24-25H2,1-2H3,(H,49,55,57)/t28-,37?/m1/s1. The molecule has 3 amide bonds. The summed E-state index contributed by atoms with van der Waals surface area (Å²) < 4.78 is 105. The fourth-order valence-electron chi connectivity index (χ4n) is 9.06. The van der Waals surface area contributed by atoms with Crippen LogP contribution in [-0.4, -0.2) is 123 Å². The van der Waals surface area contributed by atoms with E-state index in [0.717, 1.165) is 16.4 Å². The largest absolute Gasteiger partial charge is 0.488 e. The molecule has 2 N–H and O–H groups in total. The number of piperidine rings is 3. The number of likely N-dealkylation sites (tertiary alicyclic amines) is 2. The highest BCUT2D eigenvalue weighted by Crippen LogP contribution is 2.42. The number of halogens is 2. The zero-order valence-corrected chi connectivity index (χ0v) is 38.6. The smallest absolute Gasteiger partial charge is 0.480 e. The minimum atomic E-state index is -5.40. The second-order valence-electron chi connectivity index (χ2n) is 17.2. The molecule has 1 unspecified atom stereocenters. The second kappa shape index (κ2) is 19.4.